The summed E-state index contributed by atoms with van der Waals surface area (Å²) in [5, 5.41) is 2.69. The molecule has 8 nitrogen and oxygen atoms in total. The van der Waals surface area contributed by atoms with Gasteiger partial charge in [-0.3, -0.25) is 4.79 Å². The lowest BCUT2D eigenvalue weighted by Crippen LogP contribution is -2.28. The van der Waals surface area contributed by atoms with Crippen molar-refractivity contribution in [2.75, 3.05) is 43.4 Å². The van der Waals surface area contributed by atoms with Crippen molar-refractivity contribution < 1.29 is 22.7 Å². The van der Waals surface area contributed by atoms with Crippen molar-refractivity contribution in [3.8, 4) is 16.9 Å². The van der Waals surface area contributed by atoms with E-state index >= 15 is 0 Å². The highest BCUT2D eigenvalue weighted by molar-refractivity contribution is 6.05. The third-order valence-electron chi connectivity index (χ3n) is 6.31. The van der Waals surface area contributed by atoms with Crippen LogP contribution in [0.25, 0.3) is 11.1 Å². The first-order chi connectivity index (χ1) is 16.7. The van der Waals surface area contributed by atoms with E-state index in [1.54, 1.807) is 18.5 Å². The topological polar surface area (TPSA) is 83.5 Å². The number of carbonyl (C=O) groups is 1. The Morgan fingerprint density at radius 3 is 2.31 bits per heavy atom. The summed E-state index contributed by atoms with van der Waals surface area (Å²) in [5.74, 6) is 1.13. The van der Waals surface area contributed by atoms with Gasteiger partial charge in [0.05, 0.1) is 5.56 Å². The maximum atomic E-state index is 12.9. The Bertz CT molecular complexity index is 1190. The van der Waals surface area contributed by atoms with Crippen molar-refractivity contribution in [1.82, 2.24) is 19.9 Å². The molecule has 1 aromatic carbocycles. The van der Waals surface area contributed by atoms with Crippen LogP contribution in [-0.4, -0.2) is 65.3 Å². The van der Waals surface area contributed by atoms with Gasteiger partial charge in [0.2, 0.25) is 0 Å². The second-order valence-electron chi connectivity index (χ2n) is 8.89. The van der Waals surface area contributed by atoms with Crippen LogP contribution >= 0.6 is 0 Å². The summed E-state index contributed by atoms with van der Waals surface area (Å²) in [6, 6.07) is 6.70. The number of benzene rings is 1. The zero-order valence-electron chi connectivity index (χ0n) is 18.9. The SMILES string of the molecule is CN1CC2CN(c3ncc(C(=O)Nc4ccc(OC(F)(F)F)cc4)cc3-c3cncnc3)CC2C1. The molecule has 0 radical (unpaired) electrons. The molecular weight excluding hydrogens is 461 g/mol. The Hall–Kier alpha value is -3.73. The number of halogens is 3. The van der Waals surface area contributed by atoms with Gasteiger partial charge in [0, 0.05) is 61.6 Å². The van der Waals surface area contributed by atoms with Crippen LogP contribution in [0.15, 0.2) is 55.2 Å². The molecule has 35 heavy (non-hydrogen) atoms. The van der Waals surface area contributed by atoms with Crippen molar-refractivity contribution in [3.05, 3.63) is 60.8 Å². The number of fused-ring (bicyclic) bond motifs is 1. The molecule has 0 aliphatic carbocycles. The molecule has 0 spiro atoms. The van der Waals surface area contributed by atoms with Gasteiger partial charge in [-0.1, -0.05) is 0 Å². The van der Waals surface area contributed by atoms with Gasteiger partial charge in [-0.05, 0) is 49.2 Å². The quantitative estimate of drug-likeness (QED) is 0.592. The lowest BCUT2D eigenvalue weighted by atomic mass is 10.0. The maximum Gasteiger partial charge on any atom is 0.573 e. The number of nitrogens with one attached hydrogen (secondary N) is 1. The molecule has 2 saturated heterocycles. The number of alkyl halides is 3. The standard InChI is InChI=1S/C24H23F3N6O2/c1-32-10-17-12-33(13-18(17)11-32)22-21(16-7-28-14-29-8-16)6-15(9-30-22)23(34)31-19-2-4-20(5-3-19)35-24(25,26)27/h2-9,14,17-18H,10-13H2,1H3,(H,31,34). The number of rotatable bonds is 5. The number of hydrogen-bond acceptors (Lipinski definition) is 7. The molecule has 11 heteroatoms. The van der Waals surface area contributed by atoms with Gasteiger partial charge in [0.25, 0.3) is 5.91 Å². The molecule has 2 aliphatic rings. The minimum Gasteiger partial charge on any atom is -0.406 e. The van der Waals surface area contributed by atoms with Gasteiger partial charge >= 0.3 is 6.36 Å². The zero-order valence-corrected chi connectivity index (χ0v) is 18.9. The number of amides is 1. The minimum absolute atomic E-state index is 0.308. The second-order valence-corrected chi connectivity index (χ2v) is 8.89. The average molecular weight is 484 g/mol. The predicted octanol–water partition coefficient (Wildman–Crippen LogP) is 3.69. The zero-order chi connectivity index (χ0) is 24.6. The van der Waals surface area contributed by atoms with Crippen LogP contribution in [0.4, 0.5) is 24.7 Å². The van der Waals surface area contributed by atoms with Crippen LogP contribution in [0, 0.1) is 11.8 Å². The normalized spacial score (nSPS) is 20.1. The summed E-state index contributed by atoms with van der Waals surface area (Å²) < 4.78 is 41.0. The van der Waals surface area contributed by atoms with Gasteiger partial charge in [0.1, 0.15) is 17.9 Å². The number of anilines is 2. The summed E-state index contributed by atoms with van der Waals surface area (Å²) in [4.78, 5) is 30.4. The Morgan fingerprint density at radius 2 is 1.69 bits per heavy atom. The number of likely N-dealkylation sites (tertiary alicyclic amines) is 1. The Balaban J connectivity index is 1.38. The monoisotopic (exact) mass is 484 g/mol. The van der Waals surface area contributed by atoms with Crippen molar-refractivity contribution in [2.45, 2.75) is 6.36 Å². The highest BCUT2D eigenvalue weighted by atomic mass is 19.4. The number of ether oxygens (including phenoxy) is 1. The summed E-state index contributed by atoms with van der Waals surface area (Å²) in [6.07, 6.45) is 1.53. The molecule has 2 fully saturated rings. The molecular formula is C24H23F3N6O2. The Morgan fingerprint density at radius 1 is 1.03 bits per heavy atom. The third kappa shape index (κ3) is 5.19. The summed E-state index contributed by atoms with van der Waals surface area (Å²) in [6.45, 7) is 3.89. The van der Waals surface area contributed by atoms with Gasteiger partial charge in [-0.15, -0.1) is 13.2 Å². The van der Waals surface area contributed by atoms with E-state index in [-0.39, 0.29) is 5.75 Å². The number of hydrogen-bond donors (Lipinski definition) is 1. The van der Waals surface area contributed by atoms with Gasteiger partial charge in [0.15, 0.2) is 0 Å². The van der Waals surface area contributed by atoms with E-state index in [9.17, 15) is 18.0 Å². The van der Waals surface area contributed by atoms with Crippen LogP contribution in [0.3, 0.4) is 0 Å². The largest absolute Gasteiger partial charge is 0.573 e. The molecule has 1 N–H and O–H groups in total. The van der Waals surface area contributed by atoms with E-state index in [0.29, 0.717) is 23.1 Å². The first kappa shape index (κ1) is 23.0. The molecule has 1 amide bonds. The van der Waals surface area contributed by atoms with Crippen LogP contribution in [0.1, 0.15) is 10.4 Å². The van der Waals surface area contributed by atoms with Gasteiger partial charge < -0.3 is 19.9 Å². The van der Waals surface area contributed by atoms with E-state index < -0.39 is 12.3 Å². The Kier molecular flexibility index (Phi) is 6.01. The van der Waals surface area contributed by atoms with Crippen LogP contribution < -0.4 is 15.0 Å². The van der Waals surface area contributed by atoms with Crippen LogP contribution in [-0.2, 0) is 0 Å². The first-order valence-electron chi connectivity index (χ1n) is 11.1. The summed E-state index contributed by atoms with van der Waals surface area (Å²) >= 11 is 0. The molecule has 5 rings (SSSR count). The lowest BCUT2D eigenvalue weighted by Gasteiger charge is -2.23. The molecule has 2 aliphatic heterocycles. The van der Waals surface area contributed by atoms with E-state index in [1.807, 2.05) is 0 Å². The third-order valence-corrected chi connectivity index (χ3v) is 6.31. The van der Waals surface area contributed by atoms with Crippen molar-refractivity contribution in [3.63, 3.8) is 0 Å². The fourth-order valence-electron chi connectivity index (χ4n) is 4.83. The van der Waals surface area contributed by atoms with Crippen LogP contribution in [0.2, 0.25) is 0 Å². The maximum absolute atomic E-state index is 12.9. The molecule has 2 aromatic heterocycles. The molecule has 0 saturated carbocycles. The highest BCUT2D eigenvalue weighted by Gasteiger charge is 2.39. The lowest BCUT2D eigenvalue weighted by molar-refractivity contribution is -0.274. The Labute approximate surface area is 199 Å². The van der Waals surface area contributed by atoms with E-state index in [1.165, 1.54) is 24.7 Å². The van der Waals surface area contributed by atoms with Gasteiger partial charge in [-0.25, -0.2) is 15.0 Å². The smallest absolute Gasteiger partial charge is 0.406 e. The molecule has 182 valence electrons. The summed E-state index contributed by atoms with van der Waals surface area (Å²) in [5.41, 5.74) is 2.13. The fourth-order valence-corrected chi connectivity index (χ4v) is 4.83. The van der Waals surface area contributed by atoms with Crippen molar-refractivity contribution >= 4 is 17.4 Å². The number of nitrogens with zero attached hydrogens (tertiary/aromatic N) is 5. The van der Waals surface area contributed by atoms with E-state index in [4.69, 9.17) is 0 Å². The van der Waals surface area contributed by atoms with E-state index in [2.05, 4.69) is 41.9 Å². The molecule has 2 atom stereocenters. The summed E-state index contributed by atoms with van der Waals surface area (Å²) in [7, 11) is 2.14. The molecule has 4 heterocycles. The second kappa shape index (κ2) is 9.14. The highest BCUT2D eigenvalue weighted by Crippen LogP contribution is 2.37. The molecule has 2 unspecified atom stereocenters. The molecule has 0 bridgehead atoms. The number of carbonyl (C=O) groups excluding carboxylic acids is 1. The molecule has 3 aromatic rings. The predicted molar refractivity (Wildman–Crippen MR) is 123 cm³/mol. The van der Waals surface area contributed by atoms with Crippen molar-refractivity contribution in [2.24, 2.45) is 11.8 Å². The minimum atomic E-state index is -4.78. The first-order valence-corrected chi connectivity index (χ1v) is 11.1. The van der Waals surface area contributed by atoms with E-state index in [0.717, 1.165) is 55.3 Å². The fraction of sp³-hybridized carbons (Fsp3) is 0.333. The van der Waals surface area contributed by atoms with Gasteiger partial charge in [-0.2, -0.15) is 0 Å². The number of pyridine rings is 1. The number of aromatic nitrogens is 3. The van der Waals surface area contributed by atoms with Crippen LogP contribution in [0.5, 0.6) is 5.75 Å². The van der Waals surface area contributed by atoms with Crippen molar-refractivity contribution in [1.29, 1.82) is 0 Å². The average Bonchev–Trinajstić information content (AvgIpc) is 3.37.